The van der Waals surface area contributed by atoms with Crippen molar-refractivity contribution in [2.75, 3.05) is 13.1 Å². The topological polar surface area (TPSA) is 15.3 Å². The molecule has 0 aromatic rings. The zero-order valence-corrected chi connectivity index (χ0v) is 13.8. The van der Waals surface area contributed by atoms with Crippen LogP contribution >= 0.6 is 0 Å². The quantitative estimate of drug-likeness (QED) is 0.710. The highest BCUT2D eigenvalue weighted by atomic mass is 15.2. The van der Waals surface area contributed by atoms with E-state index in [1.165, 1.54) is 64.5 Å². The van der Waals surface area contributed by atoms with Gasteiger partial charge < -0.3 is 5.32 Å². The van der Waals surface area contributed by atoms with Gasteiger partial charge in [-0.05, 0) is 52.1 Å². The second-order valence-corrected chi connectivity index (χ2v) is 6.26. The van der Waals surface area contributed by atoms with E-state index in [-0.39, 0.29) is 0 Å². The first-order valence-electron chi connectivity index (χ1n) is 8.73. The van der Waals surface area contributed by atoms with Crippen molar-refractivity contribution in [3.05, 3.63) is 0 Å². The lowest BCUT2D eigenvalue weighted by Gasteiger charge is -2.40. The van der Waals surface area contributed by atoms with Crippen LogP contribution in [0.3, 0.4) is 0 Å². The molecule has 1 fully saturated rings. The summed E-state index contributed by atoms with van der Waals surface area (Å²) in [5, 5.41) is 3.82. The molecular formula is C17H36N2. The van der Waals surface area contributed by atoms with Gasteiger partial charge in [0, 0.05) is 18.1 Å². The Morgan fingerprint density at radius 1 is 1.11 bits per heavy atom. The van der Waals surface area contributed by atoms with Crippen LogP contribution in [-0.4, -0.2) is 36.1 Å². The first-order valence-corrected chi connectivity index (χ1v) is 8.73. The lowest BCUT2D eigenvalue weighted by Crippen LogP contribution is -2.52. The molecule has 0 saturated carbocycles. The van der Waals surface area contributed by atoms with Gasteiger partial charge in [-0.15, -0.1) is 0 Å². The van der Waals surface area contributed by atoms with Gasteiger partial charge in [0.25, 0.3) is 0 Å². The molecule has 0 bridgehead atoms. The van der Waals surface area contributed by atoms with Crippen molar-refractivity contribution in [3.63, 3.8) is 0 Å². The number of hydrogen-bond donors (Lipinski definition) is 1. The minimum atomic E-state index is 0.690. The van der Waals surface area contributed by atoms with Crippen LogP contribution in [0.4, 0.5) is 0 Å². The average Bonchev–Trinajstić information content (AvgIpc) is 2.62. The highest BCUT2D eigenvalue weighted by Crippen LogP contribution is 2.23. The highest BCUT2D eigenvalue weighted by molar-refractivity contribution is 4.87. The number of hydrogen-bond acceptors (Lipinski definition) is 2. The Kier molecular flexibility index (Phi) is 8.72. The predicted octanol–water partition coefficient (Wildman–Crippen LogP) is 4.20. The van der Waals surface area contributed by atoms with Gasteiger partial charge in [-0.3, -0.25) is 4.90 Å². The zero-order chi connectivity index (χ0) is 14.1. The minimum absolute atomic E-state index is 0.690. The SMILES string of the molecule is CCCNC(CCC)C(CC)N1CCCCCC1C. The van der Waals surface area contributed by atoms with Crippen LogP contribution in [0.2, 0.25) is 0 Å². The van der Waals surface area contributed by atoms with Crippen molar-refractivity contribution in [1.29, 1.82) is 0 Å². The molecule has 0 aliphatic carbocycles. The smallest absolute Gasteiger partial charge is 0.0249 e. The van der Waals surface area contributed by atoms with Gasteiger partial charge in [-0.25, -0.2) is 0 Å². The Hall–Kier alpha value is -0.0800. The number of nitrogens with zero attached hydrogens (tertiary/aromatic N) is 1. The molecule has 0 radical (unpaired) electrons. The van der Waals surface area contributed by atoms with Crippen molar-refractivity contribution in [3.8, 4) is 0 Å². The van der Waals surface area contributed by atoms with Gasteiger partial charge in [-0.2, -0.15) is 0 Å². The fourth-order valence-electron chi connectivity index (χ4n) is 3.61. The molecule has 114 valence electrons. The van der Waals surface area contributed by atoms with Gasteiger partial charge in [0.2, 0.25) is 0 Å². The fourth-order valence-corrected chi connectivity index (χ4v) is 3.61. The normalized spacial score (nSPS) is 24.9. The summed E-state index contributed by atoms with van der Waals surface area (Å²) < 4.78 is 0. The summed E-state index contributed by atoms with van der Waals surface area (Å²) in [7, 11) is 0. The van der Waals surface area contributed by atoms with Gasteiger partial charge in [-0.1, -0.05) is 40.0 Å². The largest absolute Gasteiger partial charge is 0.312 e. The molecule has 3 unspecified atom stereocenters. The molecular weight excluding hydrogens is 232 g/mol. The maximum Gasteiger partial charge on any atom is 0.0249 e. The van der Waals surface area contributed by atoms with Crippen molar-refractivity contribution in [2.45, 2.75) is 97.2 Å². The molecule has 1 N–H and O–H groups in total. The van der Waals surface area contributed by atoms with E-state index in [4.69, 9.17) is 0 Å². The molecule has 2 nitrogen and oxygen atoms in total. The molecule has 1 heterocycles. The second-order valence-electron chi connectivity index (χ2n) is 6.26. The zero-order valence-electron chi connectivity index (χ0n) is 13.8. The standard InChI is InChI=1S/C17H36N2/c1-5-11-16(18-13-6-2)17(7-3)19-14-10-8-9-12-15(19)4/h15-18H,5-14H2,1-4H3. The van der Waals surface area contributed by atoms with Crippen LogP contribution < -0.4 is 5.32 Å². The molecule has 0 aromatic carbocycles. The molecule has 1 rings (SSSR count). The lowest BCUT2D eigenvalue weighted by molar-refractivity contribution is 0.107. The van der Waals surface area contributed by atoms with Crippen LogP contribution in [-0.2, 0) is 0 Å². The molecule has 1 saturated heterocycles. The lowest BCUT2D eigenvalue weighted by atomic mass is 9.97. The second kappa shape index (κ2) is 9.77. The van der Waals surface area contributed by atoms with Crippen LogP contribution in [0, 0.1) is 0 Å². The Morgan fingerprint density at radius 2 is 1.89 bits per heavy atom. The van der Waals surface area contributed by atoms with E-state index in [0.717, 1.165) is 12.1 Å². The van der Waals surface area contributed by atoms with Gasteiger partial charge in [0.1, 0.15) is 0 Å². The van der Waals surface area contributed by atoms with E-state index in [2.05, 4.69) is 37.9 Å². The molecule has 2 heteroatoms. The number of nitrogens with one attached hydrogen (secondary N) is 1. The van der Waals surface area contributed by atoms with Gasteiger partial charge >= 0.3 is 0 Å². The third-order valence-electron chi connectivity index (χ3n) is 4.67. The van der Waals surface area contributed by atoms with E-state index < -0.39 is 0 Å². The summed E-state index contributed by atoms with van der Waals surface area (Å²) >= 11 is 0. The highest BCUT2D eigenvalue weighted by Gasteiger charge is 2.29. The number of likely N-dealkylation sites (tertiary alicyclic amines) is 1. The van der Waals surface area contributed by atoms with E-state index in [9.17, 15) is 0 Å². The molecule has 1 aliphatic rings. The molecule has 0 spiro atoms. The van der Waals surface area contributed by atoms with Gasteiger partial charge in [0.15, 0.2) is 0 Å². The Morgan fingerprint density at radius 3 is 2.53 bits per heavy atom. The molecule has 3 atom stereocenters. The van der Waals surface area contributed by atoms with Crippen molar-refractivity contribution in [2.24, 2.45) is 0 Å². The van der Waals surface area contributed by atoms with Crippen LogP contribution in [0.15, 0.2) is 0 Å². The van der Waals surface area contributed by atoms with Crippen LogP contribution in [0.25, 0.3) is 0 Å². The molecule has 19 heavy (non-hydrogen) atoms. The van der Waals surface area contributed by atoms with Crippen molar-refractivity contribution >= 4 is 0 Å². The summed E-state index contributed by atoms with van der Waals surface area (Å²) in [5.41, 5.74) is 0. The molecule has 0 amide bonds. The Bertz CT molecular complexity index is 217. The minimum Gasteiger partial charge on any atom is -0.312 e. The monoisotopic (exact) mass is 268 g/mol. The third-order valence-corrected chi connectivity index (χ3v) is 4.67. The number of rotatable bonds is 8. The summed E-state index contributed by atoms with van der Waals surface area (Å²) in [6, 6.07) is 2.20. The van der Waals surface area contributed by atoms with E-state index in [1.54, 1.807) is 0 Å². The Labute approximate surface area is 121 Å². The fraction of sp³-hybridized carbons (Fsp3) is 1.00. The summed E-state index contributed by atoms with van der Waals surface area (Å²) in [5.74, 6) is 0. The summed E-state index contributed by atoms with van der Waals surface area (Å²) in [6.45, 7) is 11.9. The van der Waals surface area contributed by atoms with Crippen LogP contribution in [0.1, 0.15) is 79.1 Å². The van der Waals surface area contributed by atoms with Gasteiger partial charge in [0.05, 0.1) is 0 Å². The predicted molar refractivity (Wildman–Crippen MR) is 85.7 cm³/mol. The molecule has 1 aliphatic heterocycles. The van der Waals surface area contributed by atoms with E-state index in [1.807, 2.05) is 0 Å². The summed E-state index contributed by atoms with van der Waals surface area (Å²) in [4.78, 5) is 2.82. The van der Waals surface area contributed by atoms with Crippen molar-refractivity contribution < 1.29 is 0 Å². The first kappa shape index (κ1) is 17.0. The summed E-state index contributed by atoms with van der Waals surface area (Å²) in [6.07, 6.45) is 10.8. The maximum atomic E-state index is 3.82. The average molecular weight is 268 g/mol. The first-order chi connectivity index (χ1) is 9.24. The van der Waals surface area contributed by atoms with E-state index >= 15 is 0 Å². The van der Waals surface area contributed by atoms with E-state index in [0.29, 0.717) is 6.04 Å². The Balaban J connectivity index is 2.68. The maximum absolute atomic E-state index is 3.82. The molecule has 0 aromatic heterocycles. The van der Waals surface area contributed by atoms with Crippen molar-refractivity contribution in [1.82, 2.24) is 10.2 Å². The van der Waals surface area contributed by atoms with Crippen LogP contribution in [0.5, 0.6) is 0 Å². The third kappa shape index (κ3) is 5.43.